The molecule has 2 aromatic heterocycles. The van der Waals surface area contributed by atoms with Crippen LogP contribution in [0.3, 0.4) is 0 Å². The minimum atomic E-state index is -0.102. The molecule has 0 bridgehead atoms. The quantitative estimate of drug-likeness (QED) is 0.751. The number of carbonyl (C=O) groups is 1. The van der Waals surface area contributed by atoms with Crippen LogP contribution in [-0.2, 0) is 4.79 Å². The van der Waals surface area contributed by atoms with Crippen molar-refractivity contribution in [3.63, 3.8) is 0 Å². The molecule has 4 nitrogen and oxygen atoms in total. The van der Waals surface area contributed by atoms with Crippen LogP contribution >= 0.6 is 0 Å². The summed E-state index contributed by atoms with van der Waals surface area (Å²) in [7, 11) is 0. The maximum atomic E-state index is 11.9. The van der Waals surface area contributed by atoms with Gasteiger partial charge in [-0.15, -0.1) is 0 Å². The highest BCUT2D eigenvalue weighted by atomic mass is 16.2. The highest BCUT2D eigenvalue weighted by Crippen LogP contribution is 2.31. The number of anilines is 1. The summed E-state index contributed by atoms with van der Waals surface area (Å²) in [6.45, 7) is 4.07. The number of nitrogens with one attached hydrogen (secondary N) is 2. The fourth-order valence-corrected chi connectivity index (χ4v) is 2.06. The Hall–Kier alpha value is -2.36. The summed E-state index contributed by atoms with van der Waals surface area (Å²) in [5.41, 5.74) is 5.39. The third kappa shape index (κ3) is 1.54. The Morgan fingerprint density at radius 3 is 2.89 bits per heavy atom. The first kappa shape index (κ1) is 10.8. The Balaban J connectivity index is 2.12. The predicted molar refractivity (Wildman–Crippen MR) is 71.0 cm³/mol. The van der Waals surface area contributed by atoms with Crippen molar-refractivity contribution in [1.82, 2.24) is 9.97 Å². The van der Waals surface area contributed by atoms with Gasteiger partial charge in [-0.3, -0.25) is 9.78 Å². The number of nitrogens with zero attached hydrogens (tertiary/aromatic N) is 1. The van der Waals surface area contributed by atoms with Crippen LogP contribution in [0.2, 0.25) is 0 Å². The molecule has 2 aromatic rings. The van der Waals surface area contributed by atoms with Crippen molar-refractivity contribution in [2.75, 3.05) is 5.32 Å². The van der Waals surface area contributed by atoms with Crippen LogP contribution in [0, 0.1) is 13.8 Å². The van der Waals surface area contributed by atoms with Gasteiger partial charge >= 0.3 is 0 Å². The molecule has 0 fully saturated rings. The Labute approximate surface area is 105 Å². The van der Waals surface area contributed by atoms with Crippen LogP contribution in [0.4, 0.5) is 5.69 Å². The first-order chi connectivity index (χ1) is 8.66. The molecule has 1 aliphatic rings. The SMILES string of the molecule is Cc1c[nH]c(C=C2C(=O)Nc3cccnc32)c1C. The van der Waals surface area contributed by atoms with Crippen LogP contribution in [0.5, 0.6) is 0 Å². The number of pyridine rings is 1. The van der Waals surface area contributed by atoms with Gasteiger partial charge in [-0.25, -0.2) is 0 Å². The molecule has 0 saturated carbocycles. The Kier molecular flexibility index (Phi) is 2.30. The molecule has 3 heterocycles. The molecule has 1 amide bonds. The first-order valence-electron chi connectivity index (χ1n) is 5.80. The molecular formula is C14H13N3O. The molecule has 0 aliphatic carbocycles. The van der Waals surface area contributed by atoms with Crippen LogP contribution < -0.4 is 5.32 Å². The minimum absolute atomic E-state index is 0.102. The zero-order chi connectivity index (χ0) is 12.7. The van der Waals surface area contributed by atoms with E-state index in [9.17, 15) is 4.79 Å². The standard InChI is InChI=1S/C14H13N3O/c1-8-7-16-12(9(8)2)6-10-13-11(17-14(10)18)4-3-5-15-13/h3-7,16H,1-2H3,(H,17,18). The van der Waals surface area contributed by atoms with Crippen molar-refractivity contribution >= 4 is 23.2 Å². The molecule has 0 aromatic carbocycles. The van der Waals surface area contributed by atoms with Gasteiger partial charge in [0, 0.05) is 18.1 Å². The zero-order valence-electron chi connectivity index (χ0n) is 10.2. The number of aryl methyl sites for hydroxylation is 1. The lowest BCUT2D eigenvalue weighted by Crippen LogP contribution is -2.03. The lowest BCUT2D eigenvalue weighted by Gasteiger charge is -1.97. The third-order valence-electron chi connectivity index (χ3n) is 3.28. The molecule has 0 radical (unpaired) electrons. The Morgan fingerprint density at radius 1 is 1.33 bits per heavy atom. The summed E-state index contributed by atoms with van der Waals surface area (Å²) >= 11 is 0. The van der Waals surface area contributed by atoms with E-state index in [1.807, 2.05) is 38.3 Å². The average molecular weight is 239 g/mol. The van der Waals surface area contributed by atoms with Crippen molar-refractivity contribution in [2.24, 2.45) is 0 Å². The molecule has 3 rings (SSSR count). The number of hydrogen-bond acceptors (Lipinski definition) is 2. The lowest BCUT2D eigenvalue weighted by molar-refractivity contribution is -0.110. The van der Waals surface area contributed by atoms with E-state index >= 15 is 0 Å². The summed E-state index contributed by atoms with van der Waals surface area (Å²) in [4.78, 5) is 19.3. The minimum Gasteiger partial charge on any atom is -0.361 e. The van der Waals surface area contributed by atoms with Crippen LogP contribution in [0.1, 0.15) is 22.5 Å². The fourth-order valence-electron chi connectivity index (χ4n) is 2.06. The molecule has 90 valence electrons. The molecule has 0 atom stereocenters. The second-order valence-corrected chi connectivity index (χ2v) is 4.42. The maximum Gasteiger partial charge on any atom is 0.258 e. The van der Waals surface area contributed by atoms with Crippen LogP contribution in [0.15, 0.2) is 24.5 Å². The summed E-state index contributed by atoms with van der Waals surface area (Å²) in [6.07, 6.45) is 5.49. The summed E-state index contributed by atoms with van der Waals surface area (Å²) in [5.74, 6) is -0.102. The van der Waals surface area contributed by atoms with E-state index in [0.717, 1.165) is 16.9 Å². The van der Waals surface area contributed by atoms with Crippen molar-refractivity contribution in [3.8, 4) is 0 Å². The van der Waals surface area contributed by atoms with Gasteiger partial charge in [-0.1, -0.05) is 0 Å². The molecule has 0 spiro atoms. The van der Waals surface area contributed by atoms with E-state index in [1.165, 1.54) is 5.56 Å². The number of amides is 1. The number of aromatic nitrogens is 2. The highest BCUT2D eigenvalue weighted by Gasteiger charge is 2.25. The van der Waals surface area contributed by atoms with Crippen LogP contribution in [-0.4, -0.2) is 15.9 Å². The number of carbonyl (C=O) groups excluding carboxylic acids is 1. The van der Waals surface area contributed by atoms with Gasteiger partial charge in [0.1, 0.15) is 0 Å². The van der Waals surface area contributed by atoms with Crippen molar-refractivity contribution in [2.45, 2.75) is 13.8 Å². The van der Waals surface area contributed by atoms with Gasteiger partial charge in [-0.05, 0) is 43.2 Å². The summed E-state index contributed by atoms with van der Waals surface area (Å²) in [6, 6.07) is 3.67. The Bertz CT molecular complexity index is 667. The first-order valence-corrected chi connectivity index (χ1v) is 5.80. The molecule has 0 saturated heterocycles. The van der Waals surface area contributed by atoms with Gasteiger partial charge in [0.25, 0.3) is 5.91 Å². The molecule has 4 heteroatoms. The van der Waals surface area contributed by atoms with E-state index in [-0.39, 0.29) is 5.91 Å². The fraction of sp³-hybridized carbons (Fsp3) is 0.143. The molecule has 18 heavy (non-hydrogen) atoms. The second kappa shape index (κ2) is 3.84. The van der Waals surface area contributed by atoms with Crippen molar-refractivity contribution < 1.29 is 4.79 Å². The van der Waals surface area contributed by atoms with E-state index in [0.29, 0.717) is 11.3 Å². The average Bonchev–Trinajstić information content (AvgIpc) is 2.85. The van der Waals surface area contributed by atoms with Gasteiger partial charge < -0.3 is 10.3 Å². The van der Waals surface area contributed by atoms with E-state index in [1.54, 1.807) is 6.20 Å². The lowest BCUT2D eigenvalue weighted by atomic mass is 10.1. The third-order valence-corrected chi connectivity index (χ3v) is 3.28. The van der Waals surface area contributed by atoms with Gasteiger partial charge in [0.15, 0.2) is 0 Å². The van der Waals surface area contributed by atoms with E-state index in [4.69, 9.17) is 0 Å². The Morgan fingerprint density at radius 2 is 2.17 bits per heavy atom. The number of hydrogen-bond donors (Lipinski definition) is 2. The smallest absolute Gasteiger partial charge is 0.258 e. The van der Waals surface area contributed by atoms with Gasteiger partial charge in [-0.2, -0.15) is 0 Å². The predicted octanol–water partition coefficient (Wildman–Crippen LogP) is 2.52. The van der Waals surface area contributed by atoms with E-state index in [2.05, 4.69) is 15.3 Å². The maximum absolute atomic E-state index is 11.9. The topological polar surface area (TPSA) is 57.8 Å². The van der Waals surface area contributed by atoms with E-state index < -0.39 is 0 Å². The summed E-state index contributed by atoms with van der Waals surface area (Å²) in [5, 5.41) is 2.81. The number of H-pyrrole nitrogens is 1. The monoisotopic (exact) mass is 239 g/mol. The highest BCUT2D eigenvalue weighted by molar-refractivity contribution is 6.34. The number of rotatable bonds is 1. The summed E-state index contributed by atoms with van der Waals surface area (Å²) < 4.78 is 0. The second-order valence-electron chi connectivity index (χ2n) is 4.42. The zero-order valence-corrected chi connectivity index (χ0v) is 10.2. The molecule has 1 aliphatic heterocycles. The number of aromatic amines is 1. The largest absolute Gasteiger partial charge is 0.361 e. The van der Waals surface area contributed by atoms with Crippen LogP contribution in [0.25, 0.3) is 11.6 Å². The molecular weight excluding hydrogens is 226 g/mol. The molecule has 0 unspecified atom stereocenters. The number of fused-ring (bicyclic) bond motifs is 1. The van der Waals surface area contributed by atoms with Gasteiger partial charge in [0.2, 0.25) is 0 Å². The van der Waals surface area contributed by atoms with Crippen molar-refractivity contribution in [1.29, 1.82) is 0 Å². The molecule has 2 N–H and O–H groups in total. The van der Waals surface area contributed by atoms with Gasteiger partial charge in [0.05, 0.1) is 17.0 Å². The normalized spacial score (nSPS) is 15.9. The van der Waals surface area contributed by atoms with Crippen molar-refractivity contribution in [3.05, 3.63) is 47.0 Å².